The van der Waals surface area contributed by atoms with E-state index in [1.165, 1.54) is 0 Å². The van der Waals surface area contributed by atoms with Crippen molar-refractivity contribution in [3.05, 3.63) is 60.7 Å². The second kappa shape index (κ2) is 4.20. The largest absolute Gasteiger partial charge is 0.466 e. The lowest BCUT2D eigenvalue weighted by atomic mass is 9.54. The van der Waals surface area contributed by atoms with Gasteiger partial charge in [0.25, 0.3) is 0 Å². The molecule has 18 nitrogen and oxygen atoms in total. The molecule has 0 amide bonds. The quantitative estimate of drug-likeness (QED) is 0.279. The van der Waals surface area contributed by atoms with Crippen molar-refractivity contribution in [2.24, 2.45) is 47.3 Å². The molecule has 0 aromatic rings. The molecule has 0 aromatic heterocycles. The Bertz CT molecular complexity index is 853. The summed E-state index contributed by atoms with van der Waals surface area (Å²) in [4.78, 5) is 63.2. The molecule has 0 radical (unpaired) electrons. The van der Waals surface area contributed by atoms with Crippen molar-refractivity contribution < 1.29 is 29.5 Å². The zero-order valence-corrected chi connectivity index (χ0v) is 13.7. The summed E-state index contributed by atoms with van der Waals surface area (Å²) in [5.74, 6) is -14.4. The average molecular weight is 416 g/mol. The summed E-state index contributed by atoms with van der Waals surface area (Å²) < 4.78 is 0. The zero-order chi connectivity index (χ0) is 21.6. The van der Waals surface area contributed by atoms with Gasteiger partial charge in [-0.05, 0) is 11.8 Å². The second-order valence-electron chi connectivity index (χ2n) is 8.20. The van der Waals surface area contributed by atoms with E-state index >= 15 is 0 Å². The average Bonchev–Trinajstić information content (AvgIpc) is 3.03. The first-order chi connectivity index (χ1) is 13.4. The molecule has 0 saturated heterocycles. The van der Waals surface area contributed by atoms with Gasteiger partial charge in [-0.1, -0.05) is 0 Å². The fourth-order valence-corrected chi connectivity index (χ4v) is 8.24. The molecular weight excluding hydrogens is 408 g/mol. The first-order valence-electron chi connectivity index (χ1n) is 8.26. The van der Waals surface area contributed by atoms with Crippen LogP contribution in [0.3, 0.4) is 0 Å². The minimum absolute atomic E-state index is 1.31. The molecule has 5 saturated carbocycles. The van der Waals surface area contributed by atoms with Crippen molar-refractivity contribution >= 4 is 0 Å². The van der Waals surface area contributed by atoms with Gasteiger partial charge in [0, 0.05) is 0 Å². The molecule has 5 rings (SSSR count). The van der Waals surface area contributed by atoms with Crippen LogP contribution in [0.15, 0.2) is 0 Å². The van der Waals surface area contributed by atoms with Crippen LogP contribution in [0.25, 0.3) is 0 Å². The van der Waals surface area contributed by atoms with Crippen LogP contribution in [-0.2, 0) is 0 Å². The maximum Gasteiger partial charge on any atom is 0.466 e. The van der Waals surface area contributed by atoms with Gasteiger partial charge in [-0.3, -0.25) is 60.7 Å². The van der Waals surface area contributed by atoms with Crippen LogP contribution >= 0.6 is 0 Å². The van der Waals surface area contributed by atoms with E-state index in [-0.39, 0.29) is 0 Å². The van der Waals surface area contributed by atoms with Crippen LogP contribution in [0, 0.1) is 108 Å². The van der Waals surface area contributed by atoms with Gasteiger partial charge >= 0.3 is 17.0 Å². The summed E-state index contributed by atoms with van der Waals surface area (Å²) in [7, 11) is 0. The number of hydrogen-bond donors (Lipinski definition) is 0. The van der Waals surface area contributed by atoms with E-state index in [2.05, 4.69) is 0 Å². The van der Waals surface area contributed by atoms with Gasteiger partial charge < -0.3 is 0 Å². The summed E-state index contributed by atoms with van der Waals surface area (Å²) in [6, 6.07) is 0. The fourth-order valence-electron chi connectivity index (χ4n) is 8.24. The predicted molar refractivity (Wildman–Crippen MR) is 78.1 cm³/mol. The van der Waals surface area contributed by atoms with Crippen molar-refractivity contribution in [1.82, 2.24) is 0 Å². The third kappa shape index (κ3) is 1.12. The molecule has 0 spiro atoms. The molecule has 0 N–H and O–H groups in total. The van der Waals surface area contributed by atoms with E-state index in [0.717, 1.165) is 0 Å². The Morgan fingerprint density at radius 3 is 0.759 bits per heavy atom. The van der Waals surface area contributed by atoms with Crippen molar-refractivity contribution in [3.63, 3.8) is 0 Å². The van der Waals surface area contributed by atoms with Crippen LogP contribution in [0.5, 0.6) is 0 Å². The summed E-state index contributed by atoms with van der Waals surface area (Å²) in [5.41, 5.74) is -9.50. The molecule has 5 fully saturated rings. The third-order valence-electron chi connectivity index (χ3n) is 8.35. The standard InChI is InChI=1S/C11H8N6O12/c18-12(19)9(13(20)21)5-1-2-4-3(1)10(14(22)23,15(24)25)7(5)8(6(2)9)11(4,16(26)27)17(28)29/h1-8H. The van der Waals surface area contributed by atoms with E-state index in [4.69, 9.17) is 0 Å². The highest BCUT2D eigenvalue weighted by atomic mass is 16.7. The SMILES string of the molecule is O=[N+]([O-])C1([N+](=O)[O-])C2C3C4C1C1C2C([N+](=O)[O-])([N+](=O)[O-])C3C4C1([N+](=O)[O-])[N+](=O)[O-]. The van der Waals surface area contributed by atoms with E-state index in [9.17, 15) is 60.7 Å². The summed E-state index contributed by atoms with van der Waals surface area (Å²) in [6.07, 6.45) is 0. The summed E-state index contributed by atoms with van der Waals surface area (Å²) in [6.45, 7) is 0. The minimum atomic E-state index is -3.17. The molecule has 0 aromatic carbocycles. The van der Waals surface area contributed by atoms with Crippen LogP contribution in [0.2, 0.25) is 0 Å². The molecular formula is C11H8N6O12. The molecule has 154 valence electrons. The summed E-state index contributed by atoms with van der Waals surface area (Å²) >= 11 is 0. The lowest BCUT2D eigenvalue weighted by Gasteiger charge is -2.44. The van der Waals surface area contributed by atoms with Gasteiger partial charge in [0.05, 0.1) is 29.5 Å². The highest BCUT2D eigenvalue weighted by Crippen LogP contribution is 2.90. The van der Waals surface area contributed by atoms with E-state index in [1.807, 2.05) is 0 Å². The predicted octanol–water partition coefficient (Wildman–Crippen LogP) is -1.27. The lowest BCUT2D eigenvalue weighted by molar-refractivity contribution is -0.862. The van der Waals surface area contributed by atoms with Gasteiger partial charge in [-0.2, -0.15) is 0 Å². The van der Waals surface area contributed by atoms with Gasteiger partial charge in [0.2, 0.25) is 0 Å². The molecule has 18 heteroatoms. The molecule has 0 aliphatic heterocycles. The van der Waals surface area contributed by atoms with Gasteiger partial charge in [0.1, 0.15) is 35.5 Å². The Balaban J connectivity index is 1.90. The third-order valence-corrected chi connectivity index (χ3v) is 8.35. The van der Waals surface area contributed by atoms with Crippen LogP contribution in [0.1, 0.15) is 0 Å². The second-order valence-corrected chi connectivity index (χ2v) is 8.20. The van der Waals surface area contributed by atoms with Crippen molar-refractivity contribution in [3.8, 4) is 0 Å². The van der Waals surface area contributed by atoms with Gasteiger partial charge in [0.15, 0.2) is 0 Å². The van der Waals surface area contributed by atoms with Crippen LogP contribution < -0.4 is 0 Å². The number of hydrogen-bond acceptors (Lipinski definition) is 12. The molecule has 2 bridgehead atoms. The number of rotatable bonds is 6. The van der Waals surface area contributed by atoms with E-state index in [1.54, 1.807) is 0 Å². The smallest absolute Gasteiger partial charge is 0.258 e. The Kier molecular flexibility index (Phi) is 2.53. The van der Waals surface area contributed by atoms with Crippen LogP contribution in [-0.4, -0.2) is 46.5 Å². The maximum absolute atomic E-state index is 11.9. The van der Waals surface area contributed by atoms with Crippen LogP contribution in [0.4, 0.5) is 0 Å². The normalized spacial score (nSPS) is 44.3. The molecule has 0 heterocycles. The number of nitro groups is 6. The summed E-state index contributed by atoms with van der Waals surface area (Å²) in [5, 5.41) is 71.2. The Morgan fingerprint density at radius 1 is 0.379 bits per heavy atom. The van der Waals surface area contributed by atoms with E-state index < -0.39 is 93.9 Å². The fraction of sp³-hybridized carbons (Fsp3) is 1.00. The Labute approximate surface area is 155 Å². The van der Waals surface area contributed by atoms with E-state index in [0.29, 0.717) is 0 Å². The number of fused-ring (bicyclic) bond motifs is 2. The monoisotopic (exact) mass is 416 g/mol. The molecule has 8 unspecified atom stereocenters. The molecule has 5 aliphatic carbocycles. The Hall–Kier alpha value is -3.60. The minimum Gasteiger partial charge on any atom is -0.258 e. The lowest BCUT2D eigenvalue weighted by Crippen LogP contribution is -2.73. The highest BCUT2D eigenvalue weighted by Gasteiger charge is 3.15. The highest BCUT2D eigenvalue weighted by molar-refractivity contribution is 5.38. The van der Waals surface area contributed by atoms with Gasteiger partial charge in [-0.15, -0.1) is 0 Å². The van der Waals surface area contributed by atoms with Gasteiger partial charge in [-0.25, -0.2) is 0 Å². The number of nitrogens with zero attached hydrogens (tertiary/aromatic N) is 6. The maximum atomic E-state index is 11.9. The zero-order valence-electron chi connectivity index (χ0n) is 13.7. The molecule has 29 heavy (non-hydrogen) atoms. The first-order valence-corrected chi connectivity index (χ1v) is 8.26. The molecule has 8 atom stereocenters. The topological polar surface area (TPSA) is 259 Å². The first kappa shape index (κ1) is 17.5. The van der Waals surface area contributed by atoms with Crippen molar-refractivity contribution in [2.75, 3.05) is 0 Å². The molecule has 5 aliphatic rings. The Morgan fingerprint density at radius 2 is 0.552 bits per heavy atom. The van der Waals surface area contributed by atoms with Crippen molar-refractivity contribution in [2.45, 2.75) is 17.0 Å². The van der Waals surface area contributed by atoms with Crippen molar-refractivity contribution in [1.29, 1.82) is 0 Å².